The van der Waals surface area contributed by atoms with Gasteiger partial charge in [-0.2, -0.15) is 0 Å². The molecule has 108 valence electrons. The normalized spacial score (nSPS) is 11.3. The largest absolute Gasteiger partial charge is 0.439 e. The van der Waals surface area contributed by atoms with E-state index in [1.165, 1.54) is 5.56 Å². The summed E-state index contributed by atoms with van der Waals surface area (Å²) in [5.41, 5.74) is 4.13. The molecule has 0 bridgehead atoms. The van der Waals surface area contributed by atoms with Crippen molar-refractivity contribution >= 4 is 11.6 Å². The van der Waals surface area contributed by atoms with Crippen LogP contribution in [0, 0.1) is 13.8 Å². The minimum atomic E-state index is 0.576. The summed E-state index contributed by atoms with van der Waals surface area (Å²) in [4.78, 5) is 4.59. The van der Waals surface area contributed by atoms with Gasteiger partial charge in [0.25, 0.3) is 0 Å². The van der Waals surface area contributed by atoms with E-state index >= 15 is 0 Å². The van der Waals surface area contributed by atoms with Crippen molar-refractivity contribution in [1.29, 1.82) is 0 Å². The molecular weight excluding hydrogens is 258 g/mol. The molecule has 0 aromatic heterocycles. The second-order valence-electron chi connectivity index (χ2n) is 5.13. The molecule has 2 nitrogen and oxygen atoms in total. The summed E-state index contributed by atoms with van der Waals surface area (Å²) in [6.45, 7) is 10.2. The number of hydrogen-bond acceptors (Lipinski definition) is 2. The number of hydrogen-bond donors (Lipinski definition) is 0. The monoisotopic (exact) mass is 279 g/mol. The third-order valence-electron chi connectivity index (χ3n) is 3.20. The molecular formula is C19H21NO. The lowest BCUT2D eigenvalue weighted by atomic mass is 10.2. The van der Waals surface area contributed by atoms with E-state index in [1.54, 1.807) is 0 Å². The molecule has 0 aliphatic carbocycles. The lowest BCUT2D eigenvalue weighted by Gasteiger charge is -2.11. The van der Waals surface area contributed by atoms with Gasteiger partial charge in [-0.1, -0.05) is 43.3 Å². The maximum Gasteiger partial charge on any atom is 0.222 e. The first-order chi connectivity index (χ1) is 10.1. The second kappa shape index (κ2) is 6.89. The van der Waals surface area contributed by atoms with E-state index < -0.39 is 0 Å². The summed E-state index contributed by atoms with van der Waals surface area (Å²) < 4.78 is 5.93. The topological polar surface area (TPSA) is 21.6 Å². The first kappa shape index (κ1) is 15.0. The summed E-state index contributed by atoms with van der Waals surface area (Å²) in [6.07, 6.45) is 0.802. The Morgan fingerprint density at radius 3 is 2.38 bits per heavy atom. The molecule has 2 aromatic rings. The van der Waals surface area contributed by atoms with Gasteiger partial charge in [0.15, 0.2) is 0 Å². The minimum absolute atomic E-state index is 0.576. The van der Waals surface area contributed by atoms with Crippen molar-refractivity contribution in [2.75, 3.05) is 0 Å². The zero-order valence-corrected chi connectivity index (χ0v) is 12.9. The Morgan fingerprint density at radius 2 is 1.76 bits per heavy atom. The Balaban J connectivity index is 2.30. The lowest BCUT2D eigenvalue weighted by Crippen LogP contribution is -2.10. The van der Waals surface area contributed by atoms with Crippen LogP contribution in [0.3, 0.4) is 0 Å². The van der Waals surface area contributed by atoms with Crippen molar-refractivity contribution < 1.29 is 4.74 Å². The molecule has 0 heterocycles. The smallest absolute Gasteiger partial charge is 0.222 e. The van der Waals surface area contributed by atoms with E-state index in [0.29, 0.717) is 5.90 Å². The maximum absolute atomic E-state index is 5.93. The van der Waals surface area contributed by atoms with Crippen molar-refractivity contribution in [3.05, 3.63) is 71.8 Å². The van der Waals surface area contributed by atoms with Gasteiger partial charge >= 0.3 is 0 Å². The van der Waals surface area contributed by atoms with E-state index in [9.17, 15) is 0 Å². The molecule has 0 atom stereocenters. The molecule has 0 unspecified atom stereocenters. The molecule has 0 spiro atoms. The summed E-state index contributed by atoms with van der Waals surface area (Å²) in [5, 5.41) is 0. The number of aryl methyl sites for hydroxylation is 2. The van der Waals surface area contributed by atoms with Crippen LogP contribution < -0.4 is 4.74 Å². The summed E-state index contributed by atoms with van der Waals surface area (Å²) in [6, 6.07) is 16.0. The highest BCUT2D eigenvalue weighted by molar-refractivity contribution is 5.96. The zero-order chi connectivity index (χ0) is 15.2. The van der Waals surface area contributed by atoms with E-state index in [2.05, 4.69) is 18.5 Å². The van der Waals surface area contributed by atoms with Crippen LogP contribution in [0.2, 0.25) is 0 Å². The van der Waals surface area contributed by atoms with Gasteiger partial charge in [-0.3, -0.25) is 0 Å². The molecule has 0 fully saturated rings. The predicted molar refractivity (Wildman–Crippen MR) is 89.5 cm³/mol. The van der Waals surface area contributed by atoms with Gasteiger partial charge in [-0.15, -0.1) is 0 Å². The van der Waals surface area contributed by atoms with Gasteiger partial charge < -0.3 is 4.74 Å². The molecule has 0 aliphatic rings. The first-order valence-corrected chi connectivity index (χ1v) is 7.16. The highest BCUT2D eigenvalue weighted by Gasteiger charge is 2.07. The van der Waals surface area contributed by atoms with Crippen LogP contribution in [0.4, 0.5) is 5.69 Å². The molecule has 2 aromatic carbocycles. The fourth-order valence-electron chi connectivity index (χ4n) is 1.85. The Labute approximate surface area is 126 Å². The van der Waals surface area contributed by atoms with E-state index in [1.807, 2.05) is 62.4 Å². The van der Waals surface area contributed by atoms with Crippen molar-refractivity contribution in [2.24, 2.45) is 4.99 Å². The Hall–Kier alpha value is -2.35. The van der Waals surface area contributed by atoms with Crippen molar-refractivity contribution in [3.8, 4) is 5.75 Å². The van der Waals surface area contributed by atoms with Crippen LogP contribution >= 0.6 is 0 Å². The molecule has 0 radical (unpaired) electrons. The highest BCUT2D eigenvalue weighted by atomic mass is 16.5. The van der Waals surface area contributed by atoms with Crippen LogP contribution in [0.1, 0.15) is 24.5 Å². The quantitative estimate of drug-likeness (QED) is 0.544. The molecule has 21 heavy (non-hydrogen) atoms. The Kier molecular flexibility index (Phi) is 4.94. The molecule has 0 aliphatic heterocycles. The summed E-state index contributed by atoms with van der Waals surface area (Å²) in [5.74, 6) is 1.36. The number of rotatable bonds is 4. The Bertz CT molecular complexity index is 654. The van der Waals surface area contributed by atoms with Gasteiger partial charge in [-0.25, -0.2) is 4.99 Å². The van der Waals surface area contributed by atoms with E-state index in [4.69, 9.17) is 4.74 Å². The summed E-state index contributed by atoms with van der Waals surface area (Å²) >= 11 is 0. The minimum Gasteiger partial charge on any atom is -0.439 e. The number of nitrogens with zero attached hydrogens (tertiary/aromatic N) is 1. The molecule has 0 amide bonds. The number of benzene rings is 2. The highest BCUT2D eigenvalue weighted by Crippen LogP contribution is 2.19. The molecule has 0 saturated heterocycles. The maximum atomic E-state index is 5.93. The average molecular weight is 279 g/mol. The van der Waals surface area contributed by atoms with Gasteiger partial charge in [0.2, 0.25) is 5.90 Å². The molecule has 0 saturated carbocycles. The zero-order valence-electron chi connectivity index (χ0n) is 12.9. The second-order valence-corrected chi connectivity index (χ2v) is 5.13. The fraction of sp³-hybridized carbons (Fsp3) is 0.211. The molecule has 2 heteroatoms. The third-order valence-corrected chi connectivity index (χ3v) is 3.20. The SMILES string of the molecule is C=C(CC)C(=Nc1ccc(C)cc1)Oc1cccc(C)c1. The van der Waals surface area contributed by atoms with Crippen LogP contribution in [0.25, 0.3) is 0 Å². The van der Waals surface area contributed by atoms with Crippen LogP contribution in [-0.2, 0) is 0 Å². The van der Waals surface area contributed by atoms with E-state index in [-0.39, 0.29) is 0 Å². The molecule has 0 N–H and O–H groups in total. The number of aliphatic imine (C=N–C) groups is 1. The van der Waals surface area contributed by atoms with Gasteiger partial charge in [-0.05, 0) is 50.1 Å². The van der Waals surface area contributed by atoms with Crippen molar-refractivity contribution in [2.45, 2.75) is 27.2 Å². The van der Waals surface area contributed by atoms with Crippen molar-refractivity contribution in [1.82, 2.24) is 0 Å². The van der Waals surface area contributed by atoms with Crippen LogP contribution in [0.15, 0.2) is 65.7 Å². The van der Waals surface area contributed by atoms with Gasteiger partial charge in [0.1, 0.15) is 5.75 Å². The molecule has 2 rings (SSSR count). The van der Waals surface area contributed by atoms with Crippen LogP contribution in [0.5, 0.6) is 5.75 Å². The standard InChI is InChI=1S/C19H21NO/c1-5-16(4)19(20-17-11-9-14(2)10-12-17)21-18-8-6-7-15(3)13-18/h6-13H,4-5H2,1-3H3. The summed E-state index contributed by atoms with van der Waals surface area (Å²) in [7, 11) is 0. The third kappa shape index (κ3) is 4.32. The predicted octanol–water partition coefficient (Wildman–Crippen LogP) is 5.38. The van der Waals surface area contributed by atoms with Gasteiger partial charge in [0, 0.05) is 5.57 Å². The fourth-order valence-corrected chi connectivity index (χ4v) is 1.85. The first-order valence-electron chi connectivity index (χ1n) is 7.16. The van der Waals surface area contributed by atoms with Gasteiger partial charge in [0.05, 0.1) is 5.69 Å². The van der Waals surface area contributed by atoms with Crippen LogP contribution in [-0.4, -0.2) is 5.90 Å². The van der Waals surface area contributed by atoms with E-state index in [0.717, 1.165) is 29.0 Å². The number of ether oxygens (including phenoxy) is 1. The average Bonchev–Trinajstić information content (AvgIpc) is 2.48. The lowest BCUT2D eigenvalue weighted by molar-refractivity contribution is 0.548. The Morgan fingerprint density at radius 1 is 1.05 bits per heavy atom. The van der Waals surface area contributed by atoms with Crippen molar-refractivity contribution in [3.63, 3.8) is 0 Å².